The molecule has 8 nitrogen and oxygen atoms in total. The maximum atomic E-state index is 13.4. The van der Waals surface area contributed by atoms with Gasteiger partial charge in [0.25, 0.3) is 11.8 Å². The monoisotopic (exact) mass is 554 g/mol. The molecular weight excluding hydrogens is 520 g/mol. The summed E-state index contributed by atoms with van der Waals surface area (Å²) in [6.45, 7) is 9.69. The molecule has 2 aromatic carbocycles. The number of anilines is 1. The average molecular weight is 555 g/mol. The summed E-state index contributed by atoms with van der Waals surface area (Å²) >= 11 is 1.37. The normalized spacial score (nSPS) is 14.2. The Balaban J connectivity index is 1.54. The second kappa shape index (κ2) is 11.4. The first kappa shape index (κ1) is 28.0. The molecule has 2 heterocycles. The molecule has 0 aliphatic carbocycles. The molecule has 0 radical (unpaired) electrons. The third kappa shape index (κ3) is 5.83. The Kier molecular flexibility index (Phi) is 8.37. The van der Waals surface area contributed by atoms with Gasteiger partial charge < -0.3 is 11.1 Å². The number of thiophene rings is 1. The molecule has 10 heteroatoms. The minimum atomic E-state index is -3.79. The fraction of sp³-hybridized carbons (Fsp3) is 0.357. The minimum Gasteiger partial charge on any atom is -0.365 e. The number of sulfonamides is 1. The van der Waals surface area contributed by atoms with Crippen molar-refractivity contribution in [1.82, 2.24) is 9.21 Å². The zero-order valence-corrected chi connectivity index (χ0v) is 23.7. The Morgan fingerprint density at radius 3 is 2.29 bits per heavy atom. The number of hydrogen-bond donors (Lipinski definition) is 2. The van der Waals surface area contributed by atoms with Crippen molar-refractivity contribution >= 4 is 38.2 Å². The highest BCUT2D eigenvalue weighted by Gasteiger charge is 2.30. The van der Waals surface area contributed by atoms with Crippen molar-refractivity contribution in [1.29, 1.82) is 0 Å². The summed E-state index contributed by atoms with van der Waals surface area (Å²) in [5.41, 5.74) is 8.15. The van der Waals surface area contributed by atoms with Gasteiger partial charge in [-0.2, -0.15) is 4.31 Å². The molecule has 2 amide bonds. The van der Waals surface area contributed by atoms with Gasteiger partial charge >= 0.3 is 0 Å². The van der Waals surface area contributed by atoms with Crippen LogP contribution in [0.2, 0.25) is 0 Å². The predicted octanol–water partition coefficient (Wildman–Crippen LogP) is 4.47. The van der Waals surface area contributed by atoms with Crippen LogP contribution in [0.1, 0.15) is 64.4 Å². The summed E-state index contributed by atoms with van der Waals surface area (Å²) in [5.74, 6) is -0.995. The number of amides is 2. The third-order valence-corrected chi connectivity index (χ3v) is 9.94. The third-order valence-electron chi connectivity index (χ3n) is 6.77. The molecule has 1 aliphatic rings. The minimum absolute atomic E-state index is 0.108. The van der Waals surface area contributed by atoms with Crippen LogP contribution in [-0.2, 0) is 29.5 Å². The van der Waals surface area contributed by atoms with Crippen molar-refractivity contribution < 1.29 is 18.0 Å². The topological polar surface area (TPSA) is 113 Å². The smallest absolute Gasteiger partial charge is 0.256 e. The van der Waals surface area contributed by atoms with E-state index in [4.69, 9.17) is 5.73 Å². The van der Waals surface area contributed by atoms with E-state index < -0.39 is 21.8 Å². The van der Waals surface area contributed by atoms with Gasteiger partial charge in [-0.05, 0) is 69.5 Å². The van der Waals surface area contributed by atoms with Crippen LogP contribution >= 0.6 is 11.3 Å². The van der Waals surface area contributed by atoms with Crippen LogP contribution in [0.5, 0.6) is 0 Å². The highest BCUT2D eigenvalue weighted by Crippen LogP contribution is 2.37. The van der Waals surface area contributed by atoms with Gasteiger partial charge in [-0.1, -0.05) is 30.3 Å². The average Bonchev–Trinajstić information content (AvgIpc) is 3.24. The fourth-order valence-corrected chi connectivity index (χ4v) is 7.51. The zero-order chi connectivity index (χ0) is 27.6. The second-order valence-electron chi connectivity index (χ2n) is 9.99. The van der Waals surface area contributed by atoms with Crippen molar-refractivity contribution in [2.75, 3.05) is 11.9 Å². The number of nitrogens with two attached hydrogens (primary N) is 1. The number of benzene rings is 2. The standard InChI is InChI=1S/C28H34N4O4S2/c1-18(2)31-15-14-23-24(17-31)37-28(25(23)26(29)33)30-27(34)21-10-12-22(13-11-21)38(35,36)32(19(3)4)16-20-8-6-5-7-9-20/h5-13,18-19H,14-17H2,1-4H3,(H2,29,33)(H,30,34). The molecule has 0 fully saturated rings. The van der Waals surface area contributed by atoms with E-state index >= 15 is 0 Å². The van der Waals surface area contributed by atoms with Crippen LogP contribution in [0.25, 0.3) is 0 Å². The number of carbonyl (C=O) groups excluding carboxylic acids is 2. The molecule has 3 aromatic rings. The van der Waals surface area contributed by atoms with Crippen molar-refractivity contribution in [3.63, 3.8) is 0 Å². The van der Waals surface area contributed by atoms with Crippen molar-refractivity contribution in [2.45, 2.75) is 64.2 Å². The molecule has 0 unspecified atom stereocenters. The van der Waals surface area contributed by atoms with Gasteiger partial charge in [0.1, 0.15) is 5.00 Å². The molecule has 0 atom stereocenters. The number of carbonyl (C=O) groups is 2. The first-order valence-electron chi connectivity index (χ1n) is 12.6. The highest BCUT2D eigenvalue weighted by atomic mass is 32.2. The van der Waals surface area contributed by atoms with E-state index in [2.05, 4.69) is 24.1 Å². The molecule has 1 aliphatic heterocycles. The van der Waals surface area contributed by atoms with Gasteiger partial charge in [0, 0.05) is 42.2 Å². The van der Waals surface area contributed by atoms with Gasteiger partial charge in [0.05, 0.1) is 10.5 Å². The lowest BCUT2D eigenvalue weighted by Crippen LogP contribution is -2.36. The lowest BCUT2D eigenvalue weighted by molar-refractivity contribution is 0.0999. The number of rotatable bonds is 9. The molecule has 0 saturated carbocycles. The number of hydrogen-bond acceptors (Lipinski definition) is 6. The van der Waals surface area contributed by atoms with E-state index in [9.17, 15) is 18.0 Å². The number of fused-ring (bicyclic) bond motifs is 1. The van der Waals surface area contributed by atoms with Crippen molar-refractivity contribution in [3.8, 4) is 0 Å². The summed E-state index contributed by atoms with van der Waals surface area (Å²) in [6.07, 6.45) is 0.694. The highest BCUT2D eigenvalue weighted by molar-refractivity contribution is 7.89. The molecule has 1 aromatic heterocycles. The van der Waals surface area contributed by atoms with Gasteiger partial charge in [0.15, 0.2) is 0 Å². The van der Waals surface area contributed by atoms with Crippen molar-refractivity contribution in [3.05, 3.63) is 81.7 Å². The quantitative estimate of drug-likeness (QED) is 0.405. The second-order valence-corrected chi connectivity index (χ2v) is 13.0. The lowest BCUT2D eigenvalue weighted by Gasteiger charge is -2.30. The summed E-state index contributed by atoms with van der Waals surface area (Å²) in [4.78, 5) is 28.8. The fourth-order valence-electron chi connectivity index (χ4n) is 4.61. The first-order valence-corrected chi connectivity index (χ1v) is 14.9. The molecule has 38 heavy (non-hydrogen) atoms. The molecule has 0 bridgehead atoms. The Morgan fingerprint density at radius 1 is 1.05 bits per heavy atom. The van der Waals surface area contributed by atoms with Gasteiger partial charge in [-0.15, -0.1) is 11.3 Å². The number of nitrogens with zero attached hydrogens (tertiary/aromatic N) is 2. The molecule has 202 valence electrons. The van der Waals surface area contributed by atoms with Crippen molar-refractivity contribution in [2.24, 2.45) is 5.73 Å². The number of primary amides is 1. The molecule has 4 rings (SSSR count). The Labute approximate surface area is 228 Å². The van der Waals surface area contributed by atoms with E-state index in [1.165, 1.54) is 39.9 Å². The van der Waals surface area contributed by atoms with E-state index in [0.717, 1.165) is 22.5 Å². The van der Waals surface area contributed by atoms with Gasteiger partial charge in [-0.25, -0.2) is 8.42 Å². The van der Waals surface area contributed by atoms with Gasteiger partial charge in [0.2, 0.25) is 10.0 Å². The summed E-state index contributed by atoms with van der Waals surface area (Å²) in [5, 5.41) is 3.28. The molecule has 0 spiro atoms. The van der Waals surface area contributed by atoms with Crippen LogP contribution in [0.15, 0.2) is 59.5 Å². The molecular formula is C28H34N4O4S2. The van der Waals surface area contributed by atoms with E-state index in [-0.39, 0.29) is 23.0 Å². The maximum absolute atomic E-state index is 13.4. The van der Waals surface area contributed by atoms with E-state index in [0.29, 0.717) is 29.6 Å². The largest absolute Gasteiger partial charge is 0.365 e. The first-order chi connectivity index (χ1) is 18.0. The predicted molar refractivity (Wildman–Crippen MR) is 151 cm³/mol. The Morgan fingerprint density at radius 2 is 1.71 bits per heavy atom. The molecule has 0 saturated heterocycles. The number of nitrogens with one attached hydrogen (secondary N) is 1. The summed E-state index contributed by atoms with van der Waals surface area (Å²) in [6, 6.07) is 15.4. The van der Waals surface area contributed by atoms with E-state index in [1.54, 1.807) is 0 Å². The zero-order valence-electron chi connectivity index (χ0n) is 22.1. The van der Waals surface area contributed by atoms with Crippen LogP contribution < -0.4 is 11.1 Å². The molecule has 3 N–H and O–H groups in total. The van der Waals surface area contributed by atoms with Gasteiger partial charge in [-0.3, -0.25) is 14.5 Å². The Hall–Kier alpha value is -3.05. The van der Waals surface area contributed by atoms with Crippen LogP contribution in [-0.4, -0.2) is 48.1 Å². The van der Waals surface area contributed by atoms with E-state index in [1.807, 2.05) is 44.2 Å². The van der Waals surface area contributed by atoms with Crippen LogP contribution in [0.4, 0.5) is 5.00 Å². The van der Waals surface area contributed by atoms with Crippen LogP contribution in [0.3, 0.4) is 0 Å². The lowest BCUT2D eigenvalue weighted by atomic mass is 10.0. The Bertz CT molecular complexity index is 1420. The van der Waals surface area contributed by atoms with Crippen LogP contribution in [0, 0.1) is 0 Å². The maximum Gasteiger partial charge on any atom is 0.256 e. The summed E-state index contributed by atoms with van der Waals surface area (Å²) in [7, 11) is -3.79. The summed E-state index contributed by atoms with van der Waals surface area (Å²) < 4.78 is 28.3. The SMILES string of the molecule is CC(C)N1CCc2c(sc(NC(=O)c3ccc(S(=O)(=O)N(Cc4ccccc4)C(C)C)cc3)c2C(N)=O)C1.